The standard InChI is InChI=1S/C25H38N4O2/c1-18-14-29(15-19(2)26-18)24(30)16-28-10-8-25(9-11-28)13-21(17-31-25)27-23-12-22(23)20-6-4-3-5-7-20/h3-7,18-19,21-23,26-27H,8-17H2,1-2H3/t18?,19?,21?,22-,23+/m0/s1. The summed E-state index contributed by atoms with van der Waals surface area (Å²) in [6.45, 7) is 9.27. The topological polar surface area (TPSA) is 56.8 Å². The van der Waals surface area contributed by atoms with E-state index in [1.165, 1.54) is 12.0 Å². The maximum atomic E-state index is 12.8. The molecular formula is C25H38N4O2. The van der Waals surface area contributed by atoms with Gasteiger partial charge in [0.25, 0.3) is 0 Å². The second-order valence-corrected chi connectivity index (χ2v) is 10.5. The minimum Gasteiger partial charge on any atom is -0.373 e. The zero-order valence-corrected chi connectivity index (χ0v) is 19.1. The first kappa shape index (κ1) is 21.4. The zero-order chi connectivity index (χ0) is 21.4. The third-order valence-corrected chi connectivity index (χ3v) is 7.71. The number of benzene rings is 1. The highest BCUT2D eigenvalue weighted by Gasteiger charge is 2.46. The van der Waals surface area contributed by atoms with Crippen molar-refractivity contribution < 1.29 is 9.53 Å². The molecule has 31 heavy (non-hydrogen) atoms. The van der Waals surface area contributed by atoms with Crippen LogP contribution in [-0.2, 0) is 9.53 Å². The summed E-state index contributed by atoms with van der Waals surface area (Å²) in [6, 6.07) is 12.7. The summed E-state index contributed by atoms with van der Waals surface area (Å²) in [4.78, 5) is 17.2. The summed E-state index contributed by atoms with van der Waals surface area (Å²) in [5.74, 6) is 0.949. The number of piperidine rings is 1. The molecule has 1 amide bonds. The van der Waals surface area contributed by atoms with Gasteiger partial charge >= 0.3 is 0 Å². The summed E-state index contributed by atoms with van der Waals surface area (Å²) in [6.07, 6.45) is 4.44. The molecular weight excluding hydrogens is 388 g/mol. The molecule has 1 aliphatic carbocycles. The Bertz CT molecular complexity index is 754. The van der Waals surface area contributed by atoms with E-state index in [0.29, 0.717) is 36.6 Å². The fraction of sp³-hybridized carbons (Fsp3) is 0.720. The number of ether oxygens (including phenoxy) is 1. The smallest absolute Gasteiger partial charge is 0.236 e. The first-order chi connectivity index (χ1) is 15.0. The Kier molecular flexibility index (Phi) is 6.08. The van der Waals surface area contributed by atoms with E-state index in [9.17, 15) is 4.79 Å². The van der Waals surface area contributed by atoms with Crippen molar-refractivity contribution in [3.8, 4) is 0 Å². The van der Waals surface area contributed by atoms with E-state index >= 15 is 0 Å². The van der Waals surface area contributed by atoms with E-state index in [1.807, 2.05) is 4.90 Å². The third kappa shape index (κ3) is 4.98. The van der Waals surface area contributed by atoms with Crippen molar-refractivity contribution >= 4 is 5.91 Å². The van der Waals surface area contributed by atoms with Crippen molar-refractivity contribution in [2.24, 2.45) is 0 Å². The molecule has 5 rings (SSSR count). The Morgan fingerprint density at radius 1 is 1.16 bits per heavy atom. The lowest BCUT2D eigenvalue weighted by Gasteiger charge is -2.40. The third-order valence-electron chi connectivity index (χ3n) is 7.71. The Balaban J connectivity index is 1.06. The number of carbonyl (C=O) groups is 1. The lowest BCUT2D eigenvalue weighted by atomic mass is 9.87. The summed E-state index contributed by atoms with van der Waals surface area (Å²) in [5, 5.41) is 7.37. The molecule has 2 N–H and O–H groups in total. The molecule has 1 spiro atoms. The van der Waals surface area contributed by atoms with Crippen LogP contribution in [0.2, 0.25) is 0 Å². The Morgan fingerprint density at radius 2 is 1.87 bits per heavy atom. The normalized spacial score (nSPS) is 35.4. The van der Waals surface area contributed by atoms with E-state index in [1.54, 1.807) is 0 Å². The van der Waals surface area contributed by atoms with E-state index in [-0.39, 0.29) is 11.5 Å². The van der Waals surface area contributed by atoms with E-state index in [0.717, 1.165) is 52.0 Å². The van der Waals surface area contributed by atoms with Gasteiger partial charge in [0, 0.05) is 56.3 Å². The highest BCUT2D eigenvalue weighted by atomic mass is 16.5. The largest absolute Gasteiger partial charge is 0.373 e. The van der Waals surface area contributed by atoms with Gasteiger partial charge in [-0.2, -0.15) is 0 Å². The molecule has 1 saturated carbocycles. The average Bonchev–Trinajstić information content (AvgIpc) is 3.42. The molecule has 3 heterocycles. The Hall–Kier alpha value is -1.47. The lowest BCUT2D eigenvalue weighted by Crippen LogP contribution is -2.58. The number of likely N-dealkylation sites (tertiary alicyclic amines) is 1. The first-order valence-corrected chi connectivity index (χ1v) is 12.2. The summed E-state index contributed by atoms with van der Waals surface area (Å²) in [5.41, 5.74) is 1.48. The molecule has 1 aromatic rings. The van der Waals surface area contributed by atoms with Crippen LogP contribution < -0.4 is 10.6 Å². The van der Waals surface area contributed by atoms with Crippen LogP contribution in [0, 0.1) is 0 Å². The molecule has 3 unspecified atom stereocenters. The maximum Gasteiger partial charge on any atom is 0.236 e. The van der Waals surface area contributed by atoms with Crippen molar-refractivity contribution in [2.75, 3.05) is 39.3 Å². The molecule has 0 aromatic heterocycles. The van der Waals surface area contributed by atoms with Gasteiger partial charge in [0.2, 0.25) is 5.91 Å². The van der Waals surface area contributed by atoms with Crippen molar-refractivity contribution in [1.82, 2.24) is 20.4 Å². The number of carbonyl (C=O) groups excluding carboxylic acids is 1. The lowest BCUT2D eigenvalue weighted by molar-refractivity contribution is -0.135. The Morgan fingerprint density at radius 3 is 2.58 bits per heavy atom. The van der Waals surface area contributed by atoms with Gasteiger partial charge in [-0.15, -0.1) is 0 Å². The van der Waals surface area contributed by atoms with Gasteiger partial charge in [0.05, 0.1) is 18.8 Å². The maximum absolute atomic E-state index is 12.8. The molecule has 4 fully saturated rings. The number of nitrogens with zero attached hydrogens (tertiary/aromatic N) is 2. The van der Waals surface area contributed by atoms with Crippen LogP contribution in [-0.4, -0.2) is 84.8 Å². The van der Waals surface area contributed by atoms with Crippen LogP contribution in [0.25, 0.3) is 0 Å². The molecule has 0 radical (unpaired) electrons. The van der Waals surface area contributed by atoms with E-state index in [2.05, 4.69) is 59.7 Å². The number of amides is 1. The quantitative estimate of drug-likeness (QED) is 0.754. The predicted octanol–water partition coefficient (Wildman–Crippen LogP) is 1.96. The molecule has 5 atom stereocenters. The van der Waals surface area contributed by atoms with E-state index in [4.69, 9.17) is 4.74 Å². The molecule has 3 saturated heterocycles. The molecule has 170 valence electrons. The highest BCUT2D eigenvalue weighted by Crippen LogP contribution is 2.43. The monoisotopic (exact) mass is 426 g/mol. The van der Waals surface area contributed by atoms with Crippen molar-refractivity contribution in [3.05, 3.63) is 35.9 Å². The van der Waals surface area contributed by atoms with Gasteiger partial charge in [-0.1, -0.05) is 30.3 Å². The summed E-state index contributed by atoms with van der Waals surface area (Å²) < 4.78 is 6.37. The van der Waals surface area contributed by atoms with Crippen LogP contribution in [0.4, 0.5) is 0 Å². The molecule has 1 aromatic carbocycles. The molecule has 3 aliphatic heterocycles. The van der Waals surface area contributed by atoms with Gasteiger partial charge in [0.1, 0.15) is 0 Å². The molecule has 6 heteroatoms. The minimum atomic E-state index is 0.0203. The zero-order valence-electron chi connectivity index (χ0n) is 19.1. The highest BCUT2D eigenvalue weighted by molar-refractivity contribution is 5.78. The van der Waals surface area contributed by atoms with Gasteiger partial charge in [-0.05, 0) is 45.1 Å². The number of rotatable bonds is 5. The molecule has 4 aliphatic rings. The second kappa shape index (κ2) is 8.81. The first-order valence-electron chi connectivity index (χ1n) is 12.2. The fourth-order valence-corrected chi connectivity index (χ4v) is 5.99. The van der Waals surface area contributed by atoms with Crippen LogP contribution in [0.1, 0.15) is 51.0 Å². The fourth-order valence-electron chi connectivity index (χ4n) is 5.99. The van der Waals surface area contributed by atoms with Crippen LogP contribution in [0.15, 0.2) is 30.3 Å². The average molecular weight is 427 g/mol. The second-order valence-electron chi connectivity index (χ2n) is 10.5. The van der Waals surface area contributed by atoms with Gasteiger partial charge in [0.15, 0.2) is 0 Å². The number of hydrogen-bond donors (Lipinski definition) is 2. The van der Waals surface area contributed by atoms with Crippen molar-refractivity contribution in [2.45, 2.75) is 75.2 Å². The van der Waals surface area contributed by atoms with Crippen molar-refractivity contribution in [3.63, 3.8) is 0 Å². The van der Waals surface area contributed by atoms with Crippen LogP contribution in [0.5, 0.6) is 0 Å². The minimum absolute atomic E-state index is 0.0203. The molecule has 6 nitrogen and oxygen atoms in total. The number of hydrogen-bond acceptors (Lipinski definition) is 5. The van der Waals surface area contributed by atoms with Crippen molar-refractivity contribution in [1.29, 1.82) is 0 Å². The SMILES string of the molecule is CC1CN(C(=O)CN2CCC3(CC2)CC(N[C@@H]2C[C@H]2c2ccccc2)CO3)CC(C)N1. The van der Waals surface area contributed by atoms with Crippen LogP contribution >= 0.6 is 0 Å². The summed E-state index contributed by atoms with van der Waals surface area (Å²) >= 11 is 0. The number of piperazine rings is 1. The van der Waals surface area contributed by atoms with Gasteiger partial charge in [-0.3, -0.25) is 9.69 Å². The Labute approximate surface area is 186 Å². The van der Waals surface area contributed by atoms with Crippen LogP contribution in [0.3, 0.4) is 0 Å². The summed E-state index contributed by atoms with van der Waals surface area (Å²) in [7, 11) is 0. The van der Waals surface area contributed by atoms with E-state index < -0.39 is 0 Å². The molecule has 0 bridgehead atoms. The van der Waals surface area contributed by atoms with Gasteiger partial charge in [-0.25, -0.2) is 0 Å². The predicted molar refractivity (Wildman–Crippen MR) is 122 cm³/mol. The number of nitrogens with one attached hydrogen (secondary N) is 2. The van der Waals surface area contributed by atoms with Gasteiger partial charge < -0.3 is 20.3 Å².